The van der Waals surface area contributed by atoms with Gasteiger partial charge in [-0.3, -0.25) is 0 Å². The topological polar surface area (TPSA) is 93.7 Å². The maximum absolute atomic E-state index is 12.3. The van der Waals surface area contributed by atoms with Crippen LogP contribution < -0.4 is 5.32 Å². The molecule has 2 saturated heterocycles. The minimum Gasteiger partial charge on any atom is -0.460 e. The minimum absolute atomic E-state index is 0.0301. The first-order chi connectivity index (χ1) is 11.8. The summed E-state index contributed by atoms with van der Waals surface area (Å²) in [5.41, 5.74) is -0.506. The molecule has 2 bridgehead atoms. The third-order valence-corrected chi connectivity index (χ3v) is 4.35. The van der Waals surface area contributed by atoms with Gasteiger partial charge in [-0.15, -0.1) is 0 Å². The van der Waals surface area contributed by atoms with E-state index in [0.29, 0.717) is 18.3 Å². The molecule has 3 heterocycles. The number of amides is 1. The monoisotopic (exact) mass is 348 g/mol. The maximum atomic E-state index is 12.3. The van der Waals surface area contributed by atoms with Gasteiger partial charge in [-0.05, 0) is 40.2 Å². The minimum atomic E-state index is -0.543. The number of fused-ring (bicyclic) bond motifs is 1. The van der Waals surface area contributed by atoms with Crippen LogP contribution in [0, 0.1) is 5.92 Å². The zero-order valence-electron chi connectivity index (χ0n) is 15.0. The Bertz CT molecular complexity index is 673. The van der Waals surface area contributed by atoms with Crippen molar-refractivity contribution < 1.29 is 19.1 Å². The van der Waals surface area contributed by atoms with E-state index in [1.54, 1.807) is 17.9 Å². The molecule has 0 spiro atoms. The summed E-state index contributed by atoms with van der Waals surface area (Å²) >= 11 is 0. The Morgan fingerprint density at radius 1 is 1.40 bits per heavy atom. The summed E-state index contributed by atoms with van der Waals surface area (Å²) in [7, 11) is 0. The largest absolute Gasteiger partial charge is 0.460 e. The predicted octanol–water partition coefficient (Wildman–Crippen LogP) is 2.07. The van der Waals surface area contributed by atoms with Crippen LogP contribution >= 0.6 is 0 Å². The van der Waals surface area contributed by atoms with Crippen LogP contribution in [0.3, 0.4) is 0 Å². The molecule has 8 heteroatoms. The Morgan fingerprint density at radius 2 is 2.16 bits per heavy atom. The van der Waals surface area contributed by atoms with Gasteiger partial charge in [0, 0.05) is 18.7 Å². The Labute approximate surface area is 146 Å². The van der Waals surface area contributed by atoms with E-state index in [4.69, 9.17) is 9.47 Å². The standard InChI is InChI=1S/C17H24N4O4/c1-5-24-15(22)14-18-7-6-12(20-14)19-13-10-8-11(13)21(9-10)16(23)25-17(2,3)4/h6-7,10-11,13H,5,8-9H2,1-4H3,(H,18,19,20)/t10-,11+,13+/m0/s1. The van der Waals surface area contributed by atoms with Crippen molar-refractivity contribution in [1.82, 2.24) is 14.9 Å². The first-order valence-electron chi connectivity index (χ1n) is 8.55. The number of nitrogens with zero attached hydrogens (tertiary/aromatic N) is 3. The molecule has 1 aromatic rings. The van der Waals surface area contributed by atoms with Gasteiger partial charge in [0.25, 0.3) is 0 Å². The lowest BCUT2D eigenvalue weighted by Crippen LogP contribution is -2.50. The van der Waals surface area contributed by atoms with E-state index in [9.17, 15) is 9.59 Å². The van der Waals surface area contributed by atoms with Gasteiger partial charge in [-0.25, -0.2) is 19.6 Å². The summed E-state index contributed by atoms with van der Waals surface area (Å²) in [4.78, 5) is 34.0. The van der Waals surface area contributed by atoms with E-state index in [1.807, 2.05) is 20.8 Å². The molecule has 0 aromatic carbocycles. The van der Waals surface area contributed by atoms with Crippen LogP contribution in [-0.2, 0) is 9.47 Å². The number of rotatable bonds is 4. The summed E-state index contributed by atoms with van der Waals surface area (Å²) in [5.74, 6) is 0.406. The number of ether oxygens (including phenoxy) is 2. The summed E-state index contributed by atoms with van der Waals surface area (Å²) in [5, 5.41) is 3.32. The molecule has 4 rings (SSSR count). The third-order valence-electron chi connectivity index (χ3n) is 4.35. The van der Waals surface area contributed by atoms with Crippen molar-refractivity contribution in [1.29, 1.82) is 0 Å². The quantitative estimate of drug-likeness (QED) is 0.833. The van der Waals surface area contributed by atoms with E-state index in [1.165, 1.54) is 6.20 Å². The smallest absolute Gasteiger partial charge is 0.410 e. The Kier molecular flexibility index (Phi) is 4.53. The predicted molar refractivity (Wildman–Crippen MR) is 90.2 cm³/mol. The summed E-state index contributed by atoms with van der Waals surface area (Å²) in [6.07, 6.45) is 2.19. The fraction of sp³-hybridized carbons (Fsp3) is 0.647. The number of anilines is 1. The number of aromatic nitrogens is 2. The fourth-order valence-corrected chi connectivity index (χ4v) is 3.27. The molecule has 1 N–H and O–H groups in total. The molecule has 1 aliphatic carbocycles. The zero-order chi connectivity index (χ0) is 18.2. The molecular formula is C17H24N4O4. The molecule has 3 fully saturated rings. The van der Waals surface area contributed by atoms with Gasteiger partial charge in [0.05, 0.1) is 18.7 Å². The highest BCUT2D eigenvalue weighted by Crippen LogP contribution is 2.43. The van der Waals surface area contributed by atoms with E-state index >= 15 is 0 Å². The second-order valence-corrected chi connectivity index (χ2v) is 7.35. The second-order valence-electron chi connectivity index (χ2n) is 7.35. The lowest BCUT2D eigenvalue weighted by Gasteiger charge is -2.37. The summed E-state index contributed by atoms with van der Waals surface area (Å²) in [6.45, 7) is 8.26. The molecule has 1 amide bonds. The van der Waals surface area contributed by atoms with Crippen LogP contribution in [-0.4, -0.2) is 57.8 Å². The number of carbonyl (C=O) groups excluding carboxylic acids is 2. The van der Waals surface area contributed by atoms with Crippen molar-refractivity contribution in [2.24, 2.45) is 5.92 Å². The van der Waals surface area contributed by atoms with Crippen molar-refractivity contribution in [3.63, 3.8) is 0 Å². The molecule has 3 aliphatic rings. The maximum Gasteiger partial charge on any atom is 0.410 e. The molecule has 1 saturated carbocycles. The van der Waals surface area contributed by atoms with Crippen LogP contribution in [0.15, 0.2) is 12.3 Å². The molecule has 8 nitrogen and oxygen atoms in total. The summed E-state index contributed by atoms with van der Waals surface area (Å²) < 4.78 is 10.4. The van der Waals surface area contributed by atoms with Gasteiger partial charge in [0.1, 0.15) is 11.4 Å². The van der Waals surface area contributed by atoms with Gasteiger partial charge in [0.15, 0.2) is 0 Å². The van der Waals surface area contributed by atoms with Crippen LogP contribution in [0.5, 0.6) is 0 Å². The first kappa shape index (κ1) is 17.4. The Hall–Kier alpha value is -2.38. The number of esters is 1. The number of hydrogen-bond acceptors (Lipinski definition) is 7. The van der Waals surface area contributed by atoms with Crippen LogP contribution in [0.1, 0.15) is 44.7 Å². The normalized spacial score (nSPS) is 24.5. The lowest BCUT2D eigenvalue weighted by atomic mass is 9.80. The highest BCUT2D eigenvalue weighted by Gasteiger charge is 2.54. The van der Waals surface area contributed by atoms with E-state index in [2.05, 4.69) is 15.3 Å². The van der Waals surface area contributed by atoms with Crippen molar-refractivity contribution >= 4 is 17.9 Å². The van der Waals surface area contributed by atoms with Gasteiger partial charge < -0.3 is 19.7 Å². The van der Waals surface area contributed by atoms with Crippen LogP contribution in [0.2, 0.25) is 0 Å². The highest BCUT2D eigenvalue weighted by atomic mass is 16.6. The molecule has 0 radical (unpaired) electrons. The lowest BCUT2D eigenvalue weighted by molar-refractivity contribution is 0.0239. The summed E-state index contributed by atoms with van der Waals surface area (Å²) in [6, 6.07) is 1.90. The van der Waals surface area contributed by atoms with Crippen molar-refractivity contribution in [2.45, 2.75) is 51.8 Å². The van der Waals surface area contributed by atoms with Crippen molar-refractivity contribution in [2.75, 3.05) is 18.5 Å². The number of carbonyl (C=O) groups is 2. The van der Waals surface area contributed by atoms with E-state index in [0.717, 1.165) is 6.42 Å². The third kappa shape index (κ3) is 3.67. The second kappa shape index (κ2) is 6.50. The van der Waals surface area contributed by atoms with E-state index < -0.39 is 11.6 Å². The molecule has 0 unspecified atom stereocenters. The van der Waals surface area contributed by atoms with Gasteiger partial charge >= 0.3 is 12.1 Å². The Balaban J connectivity index is 1.63. The number of hydrogen-bond donors (Lipinski definition) is 1. The average molecular weight is 348 g/mol. The van der Waals surface area contributed by atoms with Crippen molar-refractivity contribution in [3.8, 4) is 0 Å². The van der Waals surface area contributed by atoms with Crippen molar-refractivity contribution in [3.05, 3.63) is 18.1 Å². The van der Waals surface area contributed by atoms with Gasteiger partial charge in [-0.1, -0.05) is 0 Å². The average Bonchev–Trinajstić information content (AvgIpc) is 3.11. The van der Waals surface area contributed by atoms with Gasteiger partial charge in [0.2, 0.25) is 5.82 Å². The van der Waals surface area contributed by atoms with Gasteiger partial charge in [-0.2, -0.15) is 0 Å². The molecule has 136 valence electrons. The molecule has 1 aromatic heterocycles. The molecular weight excluding hydrogens is 324 g/mol. The van der Waals surface area contributed by atoms with Crippen LogP contribution in [0.25, 0.3) is 0 Å². The zero-order valence-corrected chi connectivity index (χ0v) is 15.0. The SMILES string of the molecule is CCOC(=O)c1nccc(N[C@@H]2[C@H]3C[C@H]2N(C(=O)OC(C)(C)C)C3)n1. The molecule has 3 atom stereocenters. The first-order valence-corrected chi connectivity index (χ1v) is 8.55. The number of nitrogens with one attached hydrogen (secondary N) is 1. The van der Waals surface area contributed by atoms with Crippen LogP contribution in [0.4, 0.5) is 10.6 Å². The fourth-order valence-electron chi connectivity index (χ4n) is 3.27. The molecule has 25 heavy (non-hydrogen) atoms. The highest BCUT2D eigenvalue weighted by molar-refractivity contribution is 5.85. The van der Waals surface area contributed by atoms with E-state index in [-0.39, 0.29) is 30.6 Å². The molecule has 2 aliphatic heterocycles. The Morgan fingerprint density at radius 3 is 2.84 bits per heavy atom.